The number of aromatic nitrogens is 1. The van der Waals surface area contributed by atoms with Crippen LogP contribution in [0.2, 0.25) is 0 Å². The summed E-state index contributed by atoms with van der Waals surface area (Å²) in [6.45, 7) is 1.22. The van der Waals surface area contributed by atoms with Crippen LogP contribution in [0.5, 0.6) is 11.6 Å². The summed E-state index contributed by atoms with van der Waals surface area (Å²) in [5.74, 6) is -0.121. The molecule has 32 heavy (non-hydrogen) atoms. The van der Waals surface area contributed by atoms with E-state index in [1.807, 2.05) is 48.5 Å². The van der Waals surface area contributed by atoms with Gasteiger partial charge in [0.1, 0.15) is 29.2 Å². The van der Waals surface area contributed by atoms with Gasteiger partial charge in [0.15, 0.2) is 0 Å². The van der Waals surface area contributed by atoms with Crippen LogP contribution >= 0.6 is 0 Å². The highest BCUT2D eigenvalue weighted by atomic mass is 19.4. The summed E-state index contributed by atoms with van der Waals surface area (Å²) in [7, 11) is 0. The van der Waals surface area contributed by atoms with Gasteiger partial charge >= 0.3 is 6.18 Å². The third-order valence-corrected chi connectivity index (χ3v) is 4.81. The molecular weight excluding hydrogens is 419 g/mol. The molecule has 0 aliphatic carbocycles. The second-order valence-electron chi connectivity index (χ2n) is 7.13. The number of nitrogens with one attached hydrogen (secondary N) is 1. The molecule has 0 aliphatic heterocycles. The number of benzene rings is 2. The van der Waals surface area contributed by atoms with Crippen LogP contribution in [0.15, 0.2) is 66.7 Å². The smallest absolute Gasteiger partial charge is 0.433 e. The topological polar surface area (TPSA) is 78.2 Å². The van der Waals surface area contributed by atoms with Gasteiger partial charge in [-0.2, -0.15) is 18.4 Å². The van der Waals surface area contributed by atoms with Gasteiger partial charge in [0.25, 0.3) is 0 Å². The van der Waals surface area contributed by atoms with Crippen LogP contribution in [-0.2, 0) is 12.6 Å². The van der Waals surface area contributed by atoms with Crippen LogP contribution in [-0.4, -0.2) is 23.2 Å². The first kappa shape index (κ1) is 23.1. The van der Waals surface area contributed by atoms with E-state index in [2.05, 4.69) is 10.3 Å². The normalized spacial score (nSPS) is 12.2. The van der Waals surface area contributed by atoms with Gasteiger partial charge in [-0.1, -0.05) is 42.5 Å². The first-order valence-corrected chi connectivity index (χ1v) is 10.1. The molecule has 2 aromatic carbocycles. The lowest BCUT2D eigenvalue weighted by molar-refractivity contribution is -0.141. The van der Waals surface area contributed by atoms with Crippen molar-refractivity contribution in [2.24, 2.45) is 0 Å². The summed E-state index contributed by atoms with van der Waals surface area (Å²) in [5.41, 5.74) is 0.679. The second-order valence-corrected chi connectivity index (χ2v) is 7.13. The zero-order valence-corrected chi connectivity index (χ0v) is 17.1. The Kier molecular flexibility index (Phi) is 7.68. The molecule has 1 aromatic heterocycles. The fraction of sp³-hybridized carbons (Fsp3) is 0.250. The van der Waals surface area contributed by atoms with Crippen LogP contribution in [0.1, 0.15) is 34.9 Å². The molecule has 8 heteroatoms. The van der Waals surface area contributed by atoms with E-state index in [4.69, 9.17) is 4.74 Å². The van der Waals surface area contributed by atoms with E-state index in [1.165, 1.54) is 0 Å². The quantitative estimate of drug-likeness (QED) is 0.456. The van der Waals surface area contributed by atoms with Gasteiger partial charge in [-0.05, 0) is 54.9 Å². The molecule has 1 atom stereocenters. The number of ether oxygens (including phenoxy) is 1. The molecule has 3 rings (SSSR count). The molecule has 0 unspecified atom stereocenters. The number of alkyl halides is 3. The lowest BCUT2D eigenvalue weighted by Crippen LogP contribution is -2.22. The van der Waals surface area contributed by atoms with Crippen LogP contribution in [0.25, 0.3) is 0 Å². The SMILES string of the molecule is N#Cc1ccc(C(F)(F)F)nc1O[C@H](CCNCCc1ccc(O)cc1)c1ccccc1. The van der Waals surface area contributed by atoms with Crippen molar-refractivity contribution in [3.05, 3.63) is 89.1 Å². The second kappa shape index (κ2) is 10.6. The lowest BCUT2D eigenvalue weighted by atomic mass is 10.1. The minimum Gasteiger partial charge on any atom is -0.508 e. The van der Waals surface area contributed by atoms with Crippen molar-refractivity contribution in [3.63, 3.8) is 0 Å². The first-order valence-electron chi connectivity index (χ1n) is 10.1. The summed E-state index contributed by atoms with van der Waals surface area (Å²) in [4.78, 5) is 3.56. The van der Waals surface area contributed by atoms with E-state index in [0.29, 0.717) is 19.5 Å². The molecule has 166 valence electrons. The molecule has 0 radical (unpaired) electrons. The number of phenolic OH excluding ortho intramolecular Hbond substituents is 1. The highest BCUT2D eigenvalue weighted by Gasteiger charge is 2.33. The molecule has 5 nitrogen and oxygen atoms in total. The van der Waals surface area contributed by atoms with Crippen molar-refractivity contribution in [1.82, 2.24) is 10.3 Å². The Morgan fingerprint density at radius 2 is 1.72 bits per heavy atom. The molecule has 0 saturated carbocycles. The average Bonchev–Trinajstić information content (AvgIpc) is 2.79. The number of hydrogen-bond donors (Lipinski definition) is 2. The van der Waals surface area contributed by atoms with Gasteiger partial charge in [0.2, 0.25) is 5.88 Å². The number of rotatable bonds is 9. The number of nitrogens with zero attached hydrogens (tertiary/aromatic N) is 2. The Hall–Kier alpha value is -3.57. The van der Waals surface area contributed by atoms with Crippen molar-refractivity contribution >= 4 is 0 Å². The number of phenols is 1. The Labute approximate surface area is 184 Å². The monoisotopic (exact) mass is 441 g/mol. The molecule has 0 bridgehead atoms. The Morgan fingerprint density at radius 3 is 2.38 bits per heavy atom. The minimum atomic E-state index is -4.63. The fourth-order valence-electron chi connectivity index (χ4n) is 3.12. The maximum absolute atomic E-state index is 13.1. The Morgan fingerprint density at radius 1 is 1.00 bits per heavy atom. The predicted octanol–water partition coefficient (Wildman–Crippen LogP) is 5.02. The van der Waals surface area contributed by atoms with Gasteiger partial charge in [-0.15, -0.1) is 0 Å². The van der Waals surface area contributed by atoms with Gasteiger partial charge in [-0.25, -0.2) is 4.98 Å². The third-order valence-electron chi connectivity index (χ3n) is 4.81. The highest BCUT2D eigenvalue weighted by molar-refractivity contribution is 5.39. The zero-order chi connectivity index (χ0) is 23.0. The van der Waals surface area contributed by atoms with Crippen LogP contribution in [0.4, 0.5) is 13.2 Å². The number of nitriles is 1. The molecule has 0 spiro atoms. The van der Waals surface area contributed by atoms with Crippen LogP contribution in [0.3, 0.4) is 0 Å². The van der Waals surface area contributed by atoms with E-state index in [0.717, 1.165) is 29.7 Å². The van der Waals surface area contributed by atoms with Crippen molar-refractivity contribution in [2.45, 2.75) is 25.1 Å². The van der Waals surface area contributed by atoms with Crippen molar-refractivity contribution in [2.75, 3.05) is 13.1 Å². The minimum absolute atomic E-state index is 0.0563. The molecule has 0 saturated heterocycles. The van der Waals surface area contributed by atoms with E-state index < -0.39 is 18.0 Å². The summed E-state index contributed by atoms with van der Waals surface area (Å²) in [6, 6.07) is 19.7. The summed E-state index contributed by atoms with van der Waals surface area (Å²) in [6.07, 6.45) is -4.00. The summed E-state index contributed by atoms with van der Waals surface area (Å²) in [5, 5.41) is 21.9. The predicted molar refractivity (Wildman–Crippen MR) is 113 cm³/mol. The van der Waals surface area contributed by atoms with Crippen LogP contribution < -0.4 is 10.1 Å². The Balaban J connectivity index is 1.68. The molecule has 0 fully saturated rings. The summed E-state index contributed by atoms with van der Waals surface area (Å²) < 4.78 is 45.1. The standard InChI is InChI=1S/C24H22F3N3O2/c25-24(26,27)22-11-8-19(16-28)23(30-22)32-21(18-4-2-1-3-5-18)13-15-29-14-12-17-6-9-20(31)10-7-17/h1-11,21,29,31H,12-15H2/t21-/m1/s1. The van der Waals surface area contributed by atoms with E-state index in [1.54, 1.807) is 12.1 Å². The van der Waals surface area contributed by atoms with Gasteiger partial charge < -0.3 is 15.2 Å². The van der Waals surface area contributed by atoms with E-state index in [-0.39, 0.29) is 17.2 Å². The van der Waals surface area contributed by atoms with E-state index >= 15 is 0 Å². The number of halogens is 3. The number of aromatic hydroxyl groups is 1. The number of hydrogen-bond acceptors (Lipinski definition) is 5. The molecule has 2 N–H and O–H groups in total. The van der Waals surface area contributed by atoms with Crippen molar-refractivity contribution < 1.29 is 23.0 Å². The highest BCUT2D eigenvalue weighted by Crippen LogP contribution is 2.32. The van der Waals surface area contributed by atoms with E-state index in [9.17, 15) is 23.5 Å². The molecule has 0 amide bonds. The number of pyridine rings is 1. The molecule has 3 aromatic rings. The first-order chi connectivity index (χ1) is 15.4. The van der Waals surface area contributed by atoms with Gasteiger partial charge in [-0.3, -0.25) is 0 Å². The van der Waals surface area contributed by atoms with Gasteiger partial charge in [0, 0.05) is 6.42 Å². The third kappa shape index (κ3) is 6.46. The van der Waals surface area contributed by atoms with Crippen molar-refractivity contribution in [3.8, 4) is 17.7 Å². The molecule has 0 aliphatic rings. The molecule has 1 heterocycles. The molecular formula is C24H22F3N3O2. The zero-order valence-electron chi connectivity index (χ0n) is 17.1. The average molecular weight is 441 g/mol. The van der Waals surface area contributed by atoms with Crippen LogP contribution in [0, 0.1) is 11.3 Å². The fourth-order valence-corrected chi connectivity index (χ4v) is 3.12. The maximum atomic E-state index is 13.1. The lowest BCUT2D eigenvalue weighted by Gasteiger charge is -2.20. The largest absolute Gasteiger partial charge is 0.508 e. The van der Waals surface area contributed by atoms with Crippen molar-refractivity contribution in [1.29, 1.82) is 5.26 Å². The van der Waals surface area contributed by atoms with Gasteiger partial charge in [0.05, 0.1) is 0 Å². The summed E-state index contributed by atoms with van der Waals surface area (Å²) >= 11 is 0. The Bertz CT molecular complexity index is 1050. The maximum Gasteiger partial charge on any atom is 0.433 e.